The Balaban J connectivity index is 2.59. The number of hydrogen-bond donors (Lipinski definition) is 1. The van der Waals surface area contributed by atoms with E-state index >= 15 is 0 Å². The van der Waals surface area contributed by atoms with Gasteiger partial charge in [-0.3, -0.25) is 9.69 Å². The van der Waals surface area contributed by atoms with Crippen LogP contribution in [-0.2, 0) is 17.9 Å². The predicted molar refractivity (Wildman–Crippen MR) is 75.3 cm³/mol. The van der Waals surface area contributed by atoms with Crippen LogP contribution in [0.4, 0.5) is 26.3 Å². The van der Waals surface area contributed by atoms with E-state index in [0.717, 1.165) is 17.8 Å². The van der Waals surface area contributed by atoms with Gasteiger partial charge in [-0.05, 0) is 24.3 Å². The quantitative estimate of drug-likeness (QED) is 0.608. The zero-order valence-electron chi connectivity index (χ0n) is 13.3. The summed E-state index contributed by atoms with van der Waals surface area (Å²) in [6.07, 6.45) is -9.53. The van der Waals surface area contributed by atoms with Gasteiger partial charge in [0.15, 0.2) is 0 Å². The number of amides is 1. The van der Waals surface area contributed by atoms with E-state index < -0.39 is 37.0 Å². The lowest BCUT2D eigenvalue weighted by molar-refractivity contribution is -0.353. The van der Waals surface area contributed by atoms with Gasteiger partial charge >= 0.3 is 12.4 Å². The maximum atomic E-state index is 13.7. The van der Waals surface area contributed by atoms with Crippen molar-refractivity contribution in [1.82, 2.24) is 10.2 Å². The van der Waals surface area contributed by atoms with Crippen molar-refractivity contribution in [1.29, 1.82) is 0 Å². The minimum Gasteiger partial charge on any atom is -0.468 e. The molecular formula is C15H14F6N2O3. The van der Waals surface area contributed by atoms with Crippen molar-refractivity contribution in [3.05, 3.63) is 48.3 Å². The van der Waals surface area contributed by atoms with Crippen LogP contribution in [0.15, 0.2) is 45.6 Å². The van der Waals surface area contributed by atoms with Crippen LogP contribution in [-0.4, -0.2) is 28.8 Å². The SMILES string of the molecule is CC(=O)NC(N(Cc1ccco1)Cc1ccco1)(C(F)(F)F)C(F)(F)F. The molecule has 2 heterocycles. The summed E-state index contributed by atoms with van der Waals surface area (Å²) < 4.78 is 92.0. The molecule has 0 aliphatic carbocycles. The van der Waals surface area contributed by atoms with Crippen molar-refractivity contribution >= 4 is 5.91 Å². The maximum absolute atomic E-state index is 13.7. The molecule has 0 aromatic carbocycles. The molecule has 2 rings (SSSR count). The third-order valence-corrected chi connectivity index (χ3v) is 3.51. The highest BCUT2D eigenvalue weighted by Gasteiger charge is 2.75. The number of halogens is 6. The maximum Gasteiger partial charge on any atom is 0.434 e. The van der Waals surface area contributed by atoms with Crippen LogP contribution in [0.1, 0.15) is 18.4 Å². The second kappa shape index (κ2) is 7.06. The molecule has 11 heteroatoms. The monoisotopic (exact) mass is 384 g/mol. The van der Waals surface area contributed by atoms with Crippen molar-refractivity contribution in [2.45, 2.75) is 38.0 Å². The Labute approximate surface area is 143 Å². The minimum atomic E-state index is -5.88. The number of rotatable bonds is 6. The summed E-state index contributed by atoms with van der Waals surface area (Å²) in [6.45, 7) is -1.19. The average Bonchev–Trinajstić information content (AvgIpc) is 3.14. The van der Waals surface area contributed by atoms with Gasteiger partial charge in [0, 0.05) is 6.92 Å². The number of furan rings is 2. The Morgan fingerprint density at radius 1 is 0.962 bits per heavy atom. The lowest BCUT2D eigenvalue weighted by atomic mass is 10.1. The van der Waals surface area contributed by atoms with Crippen LogP contribution in [0, 0.1) is 0 Å². The summed E-state index contributed by atoms with van der Waals surface area (Å²) in [4.78, 5) is 11.3. The second-order valence-corrected chi connectivity index (χ2v) is 5.40. The third-order valence-electron chi connectivity index (χ3n) is 3.51. The Morgan fingerprint density at radius 2 is 1.38 bits per heavy atom. The lowest BCUT2D eigenvalue weighted by Crippen LogP contribution is -2.75. The molecule has 144 valence electrons. The zero-order valence-corrected chi connectivity index (χ0v) is 13.3. The number of carbonyl (C=O) groups excluding carboxylic acids is 1. The van der Waals surface area contributed by atoms with Crippen molar-refractivity contribution < 1.29 is 40.0 Å². The summed E-state index contributed by atoms with van der Waals surface area (Å²) in [6, 6.07) is 5.09. The fraction of sp³-hybridized carbons (Fsp3) is 0.400. The van der Waals surface area contributed by atoms with E-state index in [9.17, 15) is 31.1 Å². The van der Waals surface area contributed by atoms with Gasteiger partial charge in [0.2, 0.25) is 5.91 Å². The number of carbonyl (C=O) groups is 1. The molecule has 0 radical (unpaired) electrons. The van der Waals surface area contributed by atoms with Crippen molar-refractivity contribution in [2.24, 2.45) is 0 Å². The number of hydrogen-bond acceptors (Lipinski definition) is 4. The van der Waals surface area contributed by atoms with E-state index in [1.165, 1.54) is 24.3 Å². The highest BCUT2D eigenvalue weighted by atomic mass is 19.4. The molecule has 0 bridgehead atoms. The fourth-order valence-electron chi connectivity index (χ4n) is 2.47. The molecule has 0 saturated carbocycles. The average molecular weight is 384 g/mol. The van der Waals surface area contributed by atoms with Gasteiger partial charge in [0.1, 0.15) is 11.5 Å². The van der Waals surface area contributed by atoms with Gasteiger partial charge in [0.25, 0.3) is 5.66 Å². The Hall–Kier alpha value is -2.43. The predicted octanol–water partition coefficient (Wildman–Crippen LogP) is 3.83. The van der Waals surface area contributed by atoms with Crippen molar-refractivity contribution in [3.8, 4) is 0 Å². The molecule has 0 aliphatic heterocycles. The fourth-order valence-corrected chi connectivity index (χ4v) is 2.47. The van der Waals surface area contributed by atoms with Gasteiger partial charge in [-0.25, -0.2) is 0 Å². The number of nitrogens with zero attached hydrogens (tertiary/aromatic N) is 1. The van der Waals surface area contributed by atoms with Crippen molar-refractivity contribution in [3.63, 3.8) is 0 Å². The molecule has 1 N–H and O–H groups in total. The smallest absolute Gasteiger partial charge is 0.434 e. The molecule has 2 aromatic heterocycles. The van der Waals surface area contributed by atoms with Gasteiger partial charge in [-0.2, -0.15) is 26.3 Å². The molecule has 0 atom stereocenters. The van der Waals surface area contributed by atoms with Gasteiger partial charge < -0.3 is 14.2 Å². The summed E-state index contributed by atoms with van der Waals surface area (Å²) in [7, 11) is 0. The van der Waals surface area contributed by atoms with Crippen LogP contribution >= 0.6 is 0 Å². The molecular weight excluding hydrogens is 370 g/mol. The molecule has 1 amide bonds. The van der Waals surface area contributed by atoms with Gasteiger partial charge in [-0.15, -0.1) is 0 Å². The first-order valence-corrected chi connectivity index (χ1v) is 7.19. The standard InChI is InChI=1S/C15H14F6N2O3/c1-10(24)22-13(14(16,17)18,15(19,20)21)23(8-11-4-2-6-25-11)9-12-5-3-7-26-12/h2-7H,8-9H2,1H3,(H,22,24). The highest BCUT2D eigenvalue weighted by molar-refractivity contribution is 5.74. The van der Waals surface area contributed by atoms with Gasteiger partial charge in [0.05, 0.1) is 25.6 Å². The first kappa shape index (κ1) is 19.9. The number of alkyl halides is 6. The molecule has 5 nitrogen and oxygen atoms in total. The summed E-state index contributed by atoms with van der Waals surface area (Å²) in [5.41, 5.74) is -4.63. The van der Waals surface area contributed by atoms with E-state index in [-0.39, 0.29) is 16.4 Å². The van der Waals surface area contributed by atoms with Gasteiger partial charge in [-0.1, -0.05) is 0 Å². The van der Waals surface area contributed by atoms with Crippen molar-refractivity contribution in [2.75, 3.05) is 0 Å². The molecule has 2 aromatic rings. The molecule has 0 aliphatic rings. The summed E-state index contributed by atoms with van der Waals surface area (Å²) >= 11 is 0. The second-order valence-electron chi connectivity index (χ2n) is 5.40. The number of nitrogens with one attached hydrogen (secondary N) is 1. The van der Waals surface area contributed by atoms with Crippen LogP contribution in [0.5, 0.6) is 0 Å². The zero-order chi connectivity index (χ0) is 19.6. The third kappa shape index (κ3) is 3.87. The van der Waals surface area contributed by atoms with Crippen LogP contribution in [0.2, 0.25) is 0 Å². The van der Waals surface area contributed by atoms with Crippen LogP contribution < -0.4 is 5.32 Å². The van der Waals surface area contributed by atoms with E-state index in [0.29, 0.717) is 6.92 Å². The first-order chi connectivity index (χ1) is 12.0. The minimum absolute atomic E-state index is 0.00602. The largest absolute Gasteiger partial charge is 0.468 e. The molecule has 0 fully saturated rings. The van der Waals surface area contributed by atoms with E-state index in [4.69, 9.17) is 8.83 Å². The summed E-state index contributed by atoms with van der Waals surface area (Å²) in [5, 5.41) is 1.05. The Bertz CT molecular complexity index is 657. The molecule has 0 saturated heterocycles. The Kier molecular flexibility index (Phi) is 5.40. The highest BCUT2D eigenvalue weighted by Crippen LogP contribution is 2.46. The van der Waals surface area contributed by atoms with Crippen LogP contribution in [0.3, 0.4) is 0 Å². The lowest BCUT2D eigenvalue weighted by Gasteiger charge is -2.44. The first-order valence-electron chi connectivity index (χ1n) is 7.19. The molecule has 0 unspecified atom stereocenters. The molecule has 0 spiro atoms. The van der Waals surface area contributed by atoms with E-state index in [2.05, 4.69) is 0 Å². The van der Waals surface area contributed by atoms with E-state index in [1.54, 1.807) is 0 Å². The normalized spacial score (nSPS) is 13.2. The summed E-state index contributed by atoms with van der Waals surface area (Å²) in [5.74, 6) is -1.80. The topological polar surface area (TPSA) is 58.6 Å². The van der Waals surface area contributed by atoms with E-state index in [1.807, 2.05) is 0 Å². The molecule has 26 heavy (non-hydrogen) atoms. The Morgan fingerprint density at radius 3 is 1.65 bits per heavy atom. The van der Waals surface area contributed by atoms with Crippen LogP contribution in [0.25, 0.3) is 0 Å².